The van der Waals surface area contributed by atoms with Gasteiger partial charge >= 0.3 is 0 Å². The van der Waals surface area contributed by atoms with Crippen LogP contribution in [0.2, 0.25) is 0 Å². The molecule has 1 N–H and O–H groups in total. The van der Waals surface area contributed by atoms with Crippen molar-refractivity contribution in [2.24, 2.45) is 0 Å². The van der Waals surface area contributed by atoms with Gasteiger partial charge in [-0.1, -0.05) is 0 Å². The predicted octanol–water partition coefficient (Wildman–Crippen LogP) is 2.60. The van der Waals surface area contributed by atoms with Crippen molar-refractivity contribution in [1.82, 2.24) is 9.97 Å². The normalized spacial score (nSPS) is 15.4. The van der Waals surface area contributed by atoms with Crippen LogP contribution >= 0.6 is 0 Å². The lowest BCUT2D eigenvalue weighted by Crippen LogP contribution is -2.40. The number of nitro benzene ring substituents is 1. The van der Waals surface area contributed by atoms with Crippen molar-refractivity contribution >= 4 is 17.3 Å². The van der Waals surface area contributed by atoms with Gasteiger partial charge in [0.15, 0.2) is 0 Å². The summed E-state index contributed by atoms with van der Waals surface area (Å²) in [5.41, 5.74) is 0.115. The average molecular weight is 317 g/mol. The Morgan fingerprint density at radius 3 is 2.61 bits per heavy atom. The number of nitro groups is 1. The molecule has 0 atom stereocenters. The van der Waals surface area contributed by atoms with Gasteiger partial charge in [-0.3, -0.25) is 10.1 Å². The molecule has 8 heteroatoms. The van der Waals surface area contributed by atoms with Gasteiger partial charge in [0.25, 0.3) is 5.69 Å². The van der Waals surface area contributed by atoms with E-state index in [0.29, 0.717) is 5.95 Å². The van der Waals surface area contributed by atoms with Crippen molar-refractivity contribution in [3.63, 3.8) is 0 Å². The Hall–Kier alpha value is -2.77. The van der Waals surface area contributed by atoms with Crippen LogP contribution in [0.15, 0.2) is 36.7 Å². The minimum Gasteiger partial charge on any atom is -0.377 e. The van der Waals surface area contributed by atoms with Crippen molar-refractivity contribution in [1.29, 1.82) is 0 Å². The van der Waals surface area contributed by atoms with Crippen LogP contribution in [0, 0.1) is 15.9 Å². The maximum atomic E-state index is 13.4. The summed E-state index contributed by atoms with van der Waals surface area (Å²) in [6.07, 6.45) is 4.93. The van der Waals surface area contributed by atoms with E-state index in [1.165, 1.54) is 12.1 Å². The molecule has 2 heterocycles. The molecule has 2 aromatic rings. The molecule has 3 rings (SSSR count). The number of rotatable bonds is 4. The van der Waals surface area contributed by atoms with Crippen LogP contribution in [-0.4, -0.2) is 34.0 Å². The molecular formula is C15H16FN5O2. The Kier molecular flexibility index (Phi) is 4.31. The molecule has 0 spiro atoms. The topological polar surface area (TPSA) is 84.2 Å². The van der Waals surface area contributed by atoms with Crippen molar-refractivity contribution in [3.05, 3.63) is 52.6 Å². The lowest BCUT2D eigenvalue weighted by atomic mass is 10.0. The quantitative estimate of drug-likeness (QED) is 0.689. The molecule has 1 aliphatic rings. The van der Waals surface area contributed by atoms with E-state index in [1.807, 2.05) is 0 Å². The smallest absolute Gasteiger partial charge is 0.292 e. The molecule has 1 saturated heterocycles. The molecule has 0 bridgehead atoms. The summed E-state index contributed by atoms with van der Waals surface area (Å²) in [5, 5.41) is 14.1. The van der Waals surface area contributed by atoms with Crippen LogP contribution < -0.4 is 10.2 Å². The molecule has 1 aromatic carbocycles. The first-order valence-electron chi connectivity index (χ1n) is 7.36. The van der Waals surface area contributed by atoms with Gasteiger partial charge in [0, 0.05) is 43.7 Å². The second kappa shape index (κ2) is 6.55. The molecule has 0 amide bonds. The number of nitrogens with zero attached hydrogens (tertiary/aromatic N) is 4. The van der Waals surface area contributed by atoms with Crippen molar-refractivity contribution in [2.75, 3.05) is 23.3 Å². The number of aromatic nitrogens is 2. The Balaban J connectivity index is 1.65. The first kappa shape index (κ1) is 15.1. The number of nitrogens with one attached hydrogen (secondary N) is 1. The summed E-state index contributed by atoms with van der Waals surface area (Å²) >= 11 is 0. The third-order valence-corrected chi connectivity index (χ3v) is 3.84. The molecular weight excluding hydrogens is 301 g/mol. The third-order valence-electron chi connectivity index (χ3n) is 3.84. The molecule has 1 aromatic heterocycles. The molecule has 0 saturated carbocycles. The lowest BCUT2D eigenvalue weighted by Gasteiger charge is -2.32. The Morgan fingerprint density at radius 2 is 1.96 bits per heavy atom. The van der Waals surface area contributed by atoms with Crippen molar-refractivity contribution in [2.45, 2.75) is 18.9 Å². The van der Waals surface area contributed by atoms with E-state index < -0.39 is 10.7 Å². The van der Waals surface area contributed by atoms with Crippen LogP contribution in [0.3, 0.4) is 0 Å². The number of piperidine rings is 1. The summed E-state index contributed by atoms with van der Waals surface area (Å²) < 4.78 is 13.4. The van der Waals surface area contributed by atoms with Crippen molar-refractivity contribution in [3.8, 4) is 0 Å². The highest BCUT2D eigenvalue weighted by Crippen LogP contribution is 2.27. The second-order valence-electron chi connectivity index (χ2n) is 5.37. The monoisotopic (exact) mass is 317 g/mol. The minimum atomic E-state index is -0.505. The highest BCUT2D eigenvalue weighted by atomic mass is 19.1. The van der Waals surface area contributed by atoms with Gasteiger partial charge in [0.05, 0.1) is 4.92 Å². The highest BCUT2D eigenvalue weighted by molar-refractivity contribution is 5.62. The zero-order valence-corrected chi connectivity index (χ0v) is 12.4. The van der Waals surface area contributed by atoms with E-state index in [2.05, 4.69) is 20.2 Å². The summed E-state index contributed by atoms with van der Waals surface area (Å²) in [7, 11) is 0. The predicted molar refractivity (Wildman–Crippen MR) is 83.9 cm³/mol. The number of halogens is 1. The van der Waals surface area contributed by atoms with Gasteiger partial charge in [-0.2, -0.15) is 0 Å². The number of hydrogen-bond donors (Lipinski definition) is 1. The lowest BCUT2D eigenvalue weighted by molar-refractivity contribution is -0.384. The van der Waals surface area contributed by atoms with Crippen LogP contribution in [-0.2, 0) is 0 Å². The molecule has 0 unspecified atom stereocenters. The molecule has 0 radical (unpaired) electrons. The SMILES string of the molecule is O=[N+]([O-])c1ccc(F)cc1NC1CCN(c2ncccn2)CC1. The maximum Gasteiger partial charge on any atom is 0.292 e. The summed E-state index contributed by atoms with van der Waals surface area (Å²) in [6, 6.07) is 5.27. The van der Waals surface area contributed by atoms with E-state index in [9.17, 15) is 14.5 Å². The molecule has 1 aliphatic heterocycles. The first-order valence-corrected chi connectivity index (χ1v) is 7.36. The fourth-order valence-corrected chi connectivity index (χ4v) is 2.68. The van der Waals surface area contributed by atoms with E-state index in [1.54, 1.807) is 18.5 Å². The third kappa shape index (κ3) is 3.53. The molecule has 0 aliphatic carbocycles. The van der Waals surface area contributed by atoms with Gasteiger partial charge in [-0.05, 0) is 25.0 Å². The van der Waals surface area contributed by atoms with Crippen LogP contribution in [0.1, 0.15) is 12.8 Å². The fraction of sp³-hybridized carbons (Fsp3) is 0.333. The fourth-order valence-electron chi connectivity index (χ4n) is 2.68. The van der Waals surface area contributed by atoms with Crippen LogP contribution in [0.5, 0.6) is 0 Å². The molecule has 120 valence electrons. The second-order valence-corrected chi connectivity index (χ2v) is 5.37. The van der Waals surface area contributed by atoms with Crippen LogP contribution in [0.25, 0.3) is 0 Å². The van der Waals surface area contributed by atoms with E-state index in [4.69, 9.17) is 0 Å². The van der Waals surface area contributed by atoms with E-state index >= 15 is 0 Å². The van der Waals surface area contributed by atoms with Crippen molar-refractivity contribution < 1.29 is 9.31 Å². The van der Waals surface area contributed by atoms with E-state index in [-0.39, 0.29) is 17.4 Å². The Bertz CT molecular complexity index is 690. The molecule has 23 heavy (non-hydrogen) atoms. The standard InChI is InChI=1S/C15H16FN5O2/c16-11-2-3-14(21(22)23)13(10-11)19-12-4-8-20(9-5-12)15-17-6-1-7-18-15/h1-3,6-7,10,12,19H,4-5,8-9H2. The van der Waals surface area contributed by atoms with E-state index in [0.717, 1.165) is 32.0 Å². The molecule has 7 nitrogen and oxygen atoms in total. The molecule has 1 fully saturated rings. The largest absolute Gasteiger partial charge is 0.377 e. The van der Waals surface area contributed by atoms with Gasteiger partial charge in [-0.15, -0.1) is 0 Å². The number of hydrogen-bond acceptors (Lipinski definition) is 6. The Labute approximate surface area is 132 Å². The zero-order chi connectivity index (χ0) is 16.2. The number of anilines is 2. The van der Waals surface area contributed by atoms with Gasteiger partial charge in [0.2, 0.25) is 5.95 Å². The zero-order valence-electron chi connectivity index (χ0n) is 12.4. The highest BCUT2D eigenvalue weighted by Gasteiger charge is 2.23. The maximum absolute atomic E-state index is 13.4. The van der Waals surface area contributed by atoms with Crippen LogP contribution in [0.4, 0.5) is 21.7 Å². The average Bonchev–Trinajstić information content (AvgIpc) is 2.56. The summed E-state index contributed by atoms with van der Waals surface area (Å²) in [5.74, 6) is 0.191. The summed E-state index contributed by atoms with van der Waals surface area (Å²) in [4.78, 5) is 21.0. The van der Waals surface area contributed by atoms with Gasteiger partial charge in [0.1, 0.15) is 11.5 Å². The van der Waals surface area contributed by atoms with Gasteiger partial charge in [-0.25, -0.2) is 14.4 Å². The Morgan fingerprint density at radius 1 is 1.26 bits per heavy atom. The summed E-state index contributed by atoms with van der Waals surface area (Å²) in [6.45, 7) is 1.48. The number of benzene rings is 1. The minimum absolute atomic E-state index is 0.0514. The first-order chi connectivity index (χ1) is 11.1. The van der Waals surface area contributed by atoms with Gasteiger partial charge < -0.3 is 10.2 Å².